The Bertz CT molecular complexity index is 359. The van der Waals surface area contributed by atoms with E-state index in [2.05, 4.69) is 10.1 Å². The van der Waals surface area contributed by atoms with Gasteiger partial charge in [-0.15, -0.1) is 0 Å². The maximum atomic E-state index is 11.2. The summed E-state index contributed by atoms with van der Waals surface area (Å²) in [5.74, 6) is -1.33. The normalized spacial score (nSPS) is 10.9. The zero-order valence-corrected chi connectivity index (χ0v) is 10.7. The largest absolute Gasteiger partial charge is 0.452 e. The van der Waals surface area contributed by atoms with Crippen molar-refractivity contribution in [1.82, 2.24) is 10.6 Å². The number of carbonyl (C=O) groups excluding carboxylic acids is 3. The summed E-state index contributed by atoms with van der Waals surface area (Å²) in [7, 11) is 0. The van der Waals surface area contributed by atoms with Crippen molar-refractivity contribution < 1.29 is 19.1 Å². The van der Waals surface area contributed by atoms with E-state index in [0.29, 0.717) is 0 Å². The van der Waals surface area contributed by atoms with Crippen LogP contribution in [0.1, 0.15) is 20.8 Å². The molecule has 0 bridgehead atoms. The number of hydrogen-bond donors (Lipinski definition) is 2. The van der Waals surface area contributed by atoms with Gasteiger partial charge in [0.1, 0.15) is 0 Å². The third-order valence-corrected chi connectivity index (χ3v) is 1.55. The molecule has 6 nitrogen and oxygen atoms in total. The molecule has 0 fully saturated rings. The Labute approximate surface area is 106 Å². The van der Waals surface area contributed by atoms with Crippen LogP contribution in [0.25, 0.3) is 0 Å². The predicted octanol–water partition coefficient (Wildman–Crippen LogP) is 0.896. The Morgan fingerprint density at radius 3 is 2.44 bits per heavy atom. The van der Waals surface area contributed by atoms with Crippen molar-refractivity contribution in [3.05, 3.63) is 24.3 Å². The Kier molecular flexibility index (Phi) is 7.92. The van der Waals surface area contributed by atoms with Crippen molar-refractivity contribution in [2.75, 3.05) is 6.61 Å². The van der Waals surface area contributed by atoms with Crippen LogP contribution >= 0.6 is 0 Å². The summed E-state index contributed by atoms with van der Waals surface area (Å²) >= 11 is 0. The molecular weight excluding hydrogens is 236 g/mol. The molecule has 0 heterocycles. The van der Waals surface area contributed by atoms with Crippen molar-refractivity contribution >= 4 is 17.9 Å². The lowest BCUT2D eigenvalue weighted by atomic mass is 10.4. The van der Waals surface area contributed by atoms with Crippen LogP contribution in [0, 0.1) is 0 Å². The van der Waals surface area contributed by atoms with Crippen LogP contribution in [0.5, 0.6) is 0 Å². The number of imide groups is 1. The summed E-state index contributed by atoms with van der Waals surface area (Å²) in [6, 6.07) is -0.695. The van der Waals surface area contributed by atoms with E-state index < -0.39 is 24.5 Å². The minimum Gasteiger partial charge on any atom is -0.452 e. The Balaban J connectivity index is 3.90. The van der Waals surface area contributed by atoms with E-state index in [1.54, 1.807) is 32.9 Å². The van der Waals surface area contributed by atoms with Crippen LogP contribution in [0.2, 0.25) is 0 Å². The zero-order chi connectivity index (χ0) is 14.0. The van der Waals surface area contributed by atoms with Crippen molar-refractivity contribution in [3.63, 3.8) is 0 Å². The molecule has 0 aliphatic heterocycles. The maximum Gasteiger partial charge on any atom is 0.331 e. The maximum absolute atomic E-state index is 11.2. The summed E-state index contributed by atoms with van der Waals surface area (Å²) in [6.45, 7) is 4.83. The quantitative estimate of drug-likeness (QED) is 0.433. The lowest BCUT2D eigenvalue weighted by Gasteiger charge is -2.08. The smallest absolute Gasteiger partial charge is 0.331 e. The van der Waals surface area contributed by atoms with Gasteiger partial charge < -0.3 is 10.1 Å². The highest BCUT2D eigenvalue weighted by Crippen LogP contribution is 1.84. The molecule has 2 N–H and O–H groups in total. The number of amides is 3. The first-order valence-corrected chi connectivity index (χ1v) is 5.52. The van der Waals surface area contributed by atoms with Crippen molar-refractivity contribution in [2.24, 2.45) is 0 Å². The number of urea groups is 1. The standard InChI is InChI=1S/C12H18N2O4/c1-4-5-6-7-11(16)18-8-10(15)14-12(17)13-9(2)3/h4-7,9H,8H2,1-3H3,(H2,13,14,15,17). The number of hydrogen-bond acceptors (Lipinski definition) is 4. The molecule has 0 rings (SSSR count). The average Bonchev–Trinajstić information content (AvgIpc) is 2.25. The molecule has 0 aromatic carbocycles. The lowest BCUT2D eigenvalue weighted by molar-refractivity contribution is -0.143. The fourth-order valence-electron chi connectivity index (χ4n) is 0.891. The minimum absolute atomic E-state index is 0.0795. The van der Waals surface area contributed by atoms with Gasteiger partial charge in [-0.25, -0.2) is 9.59 Å². The van der Waals surface area contributed by atoms with E-state index in [0.717, 1.165) is 0 Å². The van der Waals surface area contributed by atoms with Crippen LogP contribution in [0.3, 0.4) is 0 Å². The summed E-state index contributed by atoms with van der Waals surface area (Å²) in [5.41, 5.74) is 0. The van der Waals surface area contributed by atoms with Gasteiger partial charge in [-0.2, -0.15) is 0 Å². The first kappa shape index (κ1) is 15.9. The van der Waals surface area contributed by atoms with E-state index in [4.69, 9.17) is 0 Å². The molecule has 3 amide bonds. The van der Waals surface area contributed by atoms with Gasteiger partial charge in [0, 0.05) is 12.1 Å². The molecule has 0 aliphatic carbocycles. The van der Waals surface area contributed by atoms with Crippen LogP contribution in [0.4, 0.5) is 4.79 Å². The molecule has 100 valence electrons. The second-order valence-corrected chi connectivity index (χ2v) is 3.67. The third-order valence-electron chi connectivity index (χ3n) is 1.55. The third kappa shape index (κ3) is 9.14. The van der Waals surface area contributed by atoms with E-state index in [9.17, 15) is 14.4 Å². The Morgan fingerprint density at radius 2 is 1.89 bits per heavy atom. The zero-order valence-electron chi connectivity index (χ0n) is 10.7. The fraction of sp³-hybridized carbons (Fsp3) is 0.417. The topological polar surface area (TPSA) is 84.5 Å². The highest BCUT2D eigenvalue weighted by molar-refractivity contribution is 5.96. The molecular formula is C12H18N2O4. The summed E-state index contributed by atoms with van der Waals surface area (Å²) in [4.78, 5) is 33.4. The van der Waals surface area contributed by atoms with Crippen molar-refractivity contribution in [2.45, 2.75) is 26.8 Å². The van der Waals surface area contributed by atoms with Crippen molar-refractivity contribution in [1.29, 1.82) is 0 Å². The van der Waals surface area contributed by atoms with Gasteiger partial charge in [-0.1, -0.05) is 18.2 Å². The summed E-state index contributed by atoms with van der Waals surface area (Å²) in [5, 5.41) is 4.50. The summed E-state index contributed by atoms with van der Waals surface area (Å²) in [6.07, 6.45) is 6.07. The number of carbonyl (C=O) groups is 3. The van der Waals surface area contributed by atoms with Gasteiger partial charge in [0.2, 0.25) is 0 Å². The minimum atomic E-state index is -0.680. The molecule has 0 atom stereocenters. The number of rotatable bonds is 5. The second kappa shape index (κ2) is 8.98. The second-order valence-electron chi connectivity index (χ2n) is 3.67. The lowest BCUT2D eigenvalue weighted by Crippen LogP contribution is -2.43. The molecule has 0 aromatic rings. The van der Waals surface area contributed by atoms with Gasteiger partial charge in [-0.3, -0.25) is 10.1 Å². The van der Waals surface area contributed by atoms with Gasteiger partial charge >= 0.3 is 12.0 Å². The fourth-order valence-corrected chi connectivity index (χ4v) is 0.891. The van der Waals surface area contributed by atoms with E-state index in [1.807, 2.05) is 5.32 Å². The molecule has 0 unspecified atom stereocenters. The van der Waals surface area contributed by atoms with E-state index in [-0.39, 0.29) is 6.04 Å². The van der Waals surface area contributed by atoms with E-state index in [1.165, 1.54) is 12.2 Å². The Morgan fingerprint density at radius 1 is 1.22 bits per heavy atom. The van der Waals surface area contributed by atoms with Crippen molar-refractivity contribution in [3.8, 4) is 0 Å². The van der Waals surface area contributed by atoms with Crippen LogP contribution in [-0.4, -0.2) is 30.6 Å². The number of ether oxygens (including phenoxy) is 1. The molecule has 18 heavy (non-hydrogen) atoms. The average molecular weight is 254 g/mol. The molecule has 0 aliphatic rings. The highest BCUT2D eigenvalue weighted by atomic mass is 16.5. The monoisotopic (exact) mass is 254 g/mol. The number of esters is 1. The molecule has 0 saturated carbocycles. The molecule has 0 aromatic heterocycles. The highest BCUT2D eigenvalue weighted by Gasteiger charge is 2.09. The first-order chi connectivity index (χ1) is 8.45. The van der Waals surface area contributed by atoms with Crippen LogP contribution < -0.4 is 10.6 Å². The molecule has 0 spiro atoms. The van der Waals surface area contributed by atoms with Crippen LogP contribution in [0.15, 0.2) is 24.3 Å². The van der Waals surface area contributed by atoms with Gasteiger partial charge in [0.05, 0.1) is 0 Å². The van der Waals surface area contributed by atoms with E-state index >= 15 is 0 Å². The van der Waals surface area contributed by atoms with Gasteiger partial charge in [0.25, 0.3) is 5.91 Å². The first-order valence-electron chi connectivity index (χ1n) is 5.52. The Hall–Kier alpha value is -2.11. The summed E-state index contributed by atoms with van der Waals surface area (Å²) < 4.78 is 4.60. The number of nitrogens with one attached hydrogen (secondary N) is 2. The predicted molar refractivity (Wildman–Crippen MR) is 66.7 cm³/mol. The van der Waals surface area contributed by atoms with Gasteiger partial charge in [-0.05, 0) is 20.8 Å². The molecule has 0 saturated heterocycles. The molecule has 6 heteroatoms. The number of allylic oxidation sites excluding steroid dienone is 3. The SMILES string of the molecule is CC=CC=CC(=O)OCC(=O)NC(=O)NC(C)C. The van der Waals surface area contributed by atoms with Gasteiger partial charge in [0.15, 0.2) is 6.61 Å². The molecule has 0 radical (unpaired) electrons. The van der Waals surface area contributed by atoms with Crippen LogP contribution in [-0.2, 0) is 14.3 Å².